The molecule has 1 atom stereocenters. The molecule has 0 aliphatic rings. The minimum atomic E-state index is -0.229. The maximum absolute atomic E-state index is 12.7. The van der Waals surface area contributed by atoms with Crippen LogP contribution in [0.2, 0.25) is 5.02 Å². The largest absolute Gasteiger partial charge is 0.354 e. The predicted molar refractivity (Wildman–Crippen MR) is 140 cm³/mol. The Bertz CT molecular complexity index is 947. The van der Waals surface area contributed by atoms with Crippen LogP contribution in [0.4, 0.5) is 5.82 Å². The Hall–Kier alpha value is -2.38. The van der Waals surface area contributed by atoms with Gasteiger partial charge in [0.15, 0.2) is 0 Å². The van der Waals surface area contributed by atoms with Crippen molar-refractivity contribution in [3.8, 4) is 5.69 Å². The van der Waals surface area contributed by atoms with Crippen LogP contribution in [0.5, 0.6) is 0 Å². The Morgan fingerprint density at radius 3 is 2.41 bits per heavy atom. The van der Waals surface area contributed by atoms with Crippen LogP contribution in [-0.4, -0.2) is 52.2 Å². The van der Waals surface area contributed by atoms with Gasteiger partial charge in [0.1, 0.15) is 5.82 Å². The third kappa shape index (κ3) is 8.76. The van der Waals surface area contributed by atoms with Gasteiger partial charge in [-0.25, -0.2) is 4.68 Å². The molecule has 8 heteroatoms. The Kier molecular flexibility index (Phi) is 10.6. The lowest BCUT2D eigenvalue weighted by Crippen LogP contribution is -2.34. The summed E-state index contributed by atoms with van der Waals surface area (Å²) in [6.45, 7) is 15.6. The minimum Gasteiger partial charge on any atom is -0.354 e. The van der Waals surface area contributed by atoms with Crippen LogP contribution < -0.4 is 10.6 Å². The first-order chi connectivity index (χ1) is 16.0. The van der Waals surface area contributed by atoms with Crippen LogP contribution in [0, 0.1) is 0 Å². The second-order valence-corrected chi connectivity index (χ2v) is 10.2. The topological polar surface area (TPSA) is 79.3 Å². The van der Waals surface area contributed by atoms with Crippen LogP contribution >= 0.6 is 11.6 Å². The van der Waals surface area contributed by atoms with Crippen molar-refractivity contribution < 1.29 is 9.59 Å². The Labute approximate surface area is 209 Å². The average molecular weight is 490 g/mol. The summed E-state index contributed by atoms with van der Waals surface area (Å²) >= 11 is 6.16. The fraction of sp³-hybridized carbons (Fsp3) is 0.577. The second kappa shape index (κ2) is 12.9. The summed E-state index contributed by atoms with van der Waals surface area (Å²) < 4.78 is 1.68. The highest BCUT2D eigenvalue weighted by molar-refractivity contribution is 6.30. The van der Waals surface area contributed by atoms with E-state index >= 15 is 0 Å². The predicted octanol–water partition coefficient (Wildman–Crippen LogP) is 5.17. The van der Waals surface area contributed by atoms with E-state index < -0.39 is 0 Å². The van der Waals surface area contributed by atoms with Gasteiger partial charge in [-0.05, 0) is 57.6 Å². The number of amides is 2. The molecule has 0 saturated carbocycles. The molecule has 1 heterocycles. The van der Waals surface area contributed by atoms with Gasteiger partial charge in [-0.15, -0.1) is 0 Å². The zero-order chi connectivity index (χ0) is 25.3. The lowest BCUT2D eigenvalue weighted by Gasteiger charge is -2.19. The van der Waals surface area contributed by atoms with E-state index in [2.05, 4.69) is 50.2 Å². The number of carbonyl (C=O) groups excluding carboxylic acids is 2. The lowest BCUT2D eigenvalue weighted by molar-refractivity contribution is -0.124. The van der Waals surface area contributed by atoms with Crippen LogP contribution in [0.25, 0.3) is 5.69 Å². The molecule has 2 rings (SSSR count). The zero-order valence-electron chi connectivity index (χ0n) is 21.4. The van der Waals surface area contributed by atoms with Crippen LogP contribution in [0.1, 0.15) is 72.9 Å². The highest BCUT2D eigenvalue weighted by Gasteiger charge is 2.22. The van der Waals surface area contributed by atoms with Gasteiger partial charge in [-0.2, -0.15) is 5.10 Å². The van der Waals surface area contributed by atoms with E-state index in [1.54, 1.807) is 16.8 Å². The zero-order valence-corrected chi connectivity index (χ0v) is 22.2. The monoisotopic (exact) mass is 489 g/mol. The lowest BCUT2D eigenvalue weighted by atomic mass is 9.92. The molecule has 0 bridgehead atoms. The number of anilines is 1. The van der Waals surface area contributed by atoms with E-state index in [4.69, 9.17) is 16.7 Å². The molecule has 1 aromatic heterocycles. The fourth-order valence-corrected chi connectivity index (χ4v) is 3.84. The molecule has 2 amide bonds. The van der Waals surface area contributed by atoms with Gasteiger partial charge in [-0.3, -0.25) is 9.59 Å². The van der Waals surface area contributed by atoms with Crippen molar-refractivity contribution >= 4 is 29.2 Å². The number of hydrogen-bond donors (Lipinski definition) is 2. The van der Waals surface area contributed by atoms with Crippen LogP contribution in [-0.2, 0) is 15.0 Å². The molecule has 7 nitrogen and oxygen atoms in total. The van der Waals surface area contributed by atoms with E-state index in [9.17, 15) is 9.59 Å². The third-order valence-corrected chi connectivity index (χ3v) is 6.03. The number of nitrogens with one attached hydrogen (secondary N) is 2. The number of aromatic nitrogens is 2. The standard InChI is InChI=1S/C26H40ClN5O2/c1-7-31(8-2)16-10-11-19(3)28-24(33)14-15-25(34)29-23-18-22(26(4,5)6)30-32(23)21-13-9-12-20(27)17-21/h9,12-13,17-19H,7-8,10-11,14-16H2,1-6H3,(H,28,33)(H,29,34). The first-order valence-electron chi connectivity index (χ1n) is 12.2. The molecule has 0 aliphatic heterocycles. The summed E-state index contributed by atoms with van der Waals surface area (Å²) in [5, 5.41) is 11.2. The molecule has 2 aromatic rings. The van der Waals surface area contributed by atoms with E-state index in [1.165, 1.54) is 0 Å². The molecule has 0 spiro atoms. The number of rotatable bonds is 12. The molecule has 0 radical (unpaired) electrons. The summed E-state index contributed by atoms with van der Waals surface area (Å²) in [5.41, 5.74) is 1.42. The molecule has 188 valence electrons. The Morgan fingerprint density at radius 1 is 1.12 bits per heavy atom. The molecule has 0 aliphatic carbocycles. The molecule has 2 N–H and O–H groups in total. The number of halogens is 1. The van der Waals surface area contributed by atoms with Gasteiger partial charge in [0.2, 0.25) is 11.8 Å². The summed E-state index contributed by atoms with van der Waals surface area (Å²) in [7, 11) is 0. The highest BCUT2D eigenvalue weighted by Crippen LogP contribution is 2.27. The molecule has 1 unspecified atom stereocenters. The van der Waals surface area contributed by atoms with Crippen molar-refractivity contribution in [3.05, 3.63) is 41.0 Å². The maximum atomic E-state index is 12.7. The van der Waals surface area contributed by atoms with E-state index in [0.717, 1.165) is 43.9 Å². The fourth-order valence-electron chi connectivity index (χ4n) is 3.65. The quantitative estimate of drug-likeness (QED) is 0.431. The summed E-state index contributed by atoms with van der Waals surface area (Å²) in [5.74, 6) is 0.222. The van der Waals surface area contributed by atoms with Gasteiger partial charge >= 0.3 is 0 Å². The Morgan fingerprint density at radius 2 is 1.79 bits per heavy atom. The van der Waals surface area contributed by atoms with Crippen molar-refractivity contribution in [1.29, 1.82) is 0 Å². The third-order valence-electron chi connectivity index (χ3n) is 5.79. The number of hydrogen-bond acceptors (Lipinski definition) is 4. The Balaban J connectivity index is 1.93. The van der Waals surface area contributed by atoms with Gasteiger partial charge in [0, 0.05) is 35.4 Å². The smallest absolute Gasteiger partial charge is 0.226 e. The van der Waals surface area contributed by atoms with E-state index in [1.807, 2.05) is 25.1 Å². The molecule has 34 heavy (non-hydrogen) atoms. The summed E-state index contributed by atoms with van der Waals surface area (Å²) in [6, 6.07) is 9.28. The number of nitrogens with zero attached hydrogens (tertiary/aromatic N) is 3. The molecule has 0 fully saturated rings. The first kappa shape index (κ1) is 27.9. The molecule has 1 aromatic carbocycles. The van der Waals surface area contributed by atoms with Crippen LogP contribution in [0.15, 0.2) is 30.3 Å². The molecular weight excluding hydrogens is 450 g/mol. The van der Waals surface area contributed by atoms with Crippen molar-refractivity contribution in [2.24, 2.45) is 0 Å². The first-order valence-corrected chi connectivity index (χ1v) is 12.6. The second-order valence-electron chi connectivity index (χ2n) is 9.74. The number of carbonyl (C=O) groups is 2. The van der Waals surface area contributed by atoms with Crippen molar-refractivity contribution in [3.63, 3.8) is 0 Å². The van der Waals surface area contributed by atoms with Crippen molar-refractivity contribution in [2.75, 3.05) is 25.0 Å². The normalized spacial score (nSPS) is 12.6. The van der Waals surface area contributed by atoms with Gasteiger partial charge in [0.05, 0.1) is 11.4 Å². The highest BCUT2D eigenvalue weighted by atomic mass is 35.5. The van der Waals surface area contributed by atoms with E-state index in [-0.39, 0.29) is 36.1 Å². The van der Waals surface area contributed by atoms with Gasteiger partial charge in [-0.1, -0.05) is 52.3 Å². The van der Waals surface area contributed by atoms with E-state index in [0.29, 0.717) is 10.8 Å². The van der Waals surface area contributed by atoms with Crippen molar-refractivity contribution in [1.82, 2.24) is 20.0 Å². The summed E-state index contributed by atoms with van der Waals surface area (Å²) in [4.78, 5) is 27.4. The SMILES string of the molecule is CCN(CC)CCCC(C)NC(=O)CCC(=O)Nc1cc(C(C)(C)C)nn1-c1cccc(Cl)c1. The number of benzene rings is 1. The maximum Gasteiger partial charge on any atom is 0.226 e. The van der Waals surface area contributed by atoms with Gasteiger partial charge in [0.25, 0.3) is 0 Å². The van der Waals surface area contributed by atoms with Gasteiger partial charge < -0.3 is 15.5 Å². The molecule has 0 saturated heterocycles. The average Bonchev–Trinajstić information content (AvgIpc) is 3.19. The summed E-state index contributed by atoms with van der Waals surface area (Å²) in [6.07, 6.45) is 2.20. The van der Waals surface area contributed by atoms with Crippen molar-refractivity contribution in [2.45, 2.75) is 78.7 Å². The molecular formula is C26H40ClN5O2. The van der Waals surface area contributed by atoms with Crippen LogP contribution in [0.3, 0.4) is 0 Å². The minimum absolute atomic E-state index is 0.0877.